The van der Waals surface area contributed by atoms with Gasteiger partial charge in [0, 0.05) is 17.7 Å². The molecule has 1 N–H and O–H groups in total. The molecule has 0 bridgehead atoms. The summed E-state index contributed by atoms with van der Waals surface area (Å²) in [6.07, 6.45) is 3.83. The van der Waals surface area contributed by atoms with Crippen LogP contribution >= 0.6 is 0 Å². The number of carbonyl (C=O) groups is 2. The third-order valence-electron chi connectivity index (χ3n) is 4.02. The van der Waals surface area contributed by atoms with Gasteiger partial charge in [-0.15, -0.1) is 0 Å². The average Bonchev–Trinajstić information content (AvgIpc) is 2.61. The molecule has 0 aromatic heterocycles. The fourth-order valence-electron chi connectivity index (χ4n) is 2.81. The minimum atomic E-state index is -0.184. The summed E-state index contributed by atoms with van der Waals surface area (Å²) in [5.41, 5.74) is 2.18. The van der Waals surface area contributed by atoms with E-state index in [4.69, 9.17) is 0 Å². The highest BCUT2D eigenvalue weighted by Crippen LogP contribution is 2.24. The van der Waals surface area contributed by atoms with Crippen molar-refractivity contribution in [3.63, 3.8) is 0 Å². The highest BCUT2D eigenvalue weighted by atomic mass is 16.1. The van der Waals surface area contributed by atoms with Crippen molar-refractivity contribution in [1.29, 1.82) is 0 Å². The molecule has 1 atom stereocenters. The third-order valence-corrected chi connectivity index (χ3v) is 4.02. The van der Waals surface area contributed by atoms with Gasteiger partial charge in [0.25, 0.3) is 5.91 Å². The number of nitrogens with one attached hydrogen (secondary N) is 1. The monoisotopic (exact) mass is 309 g/mol. The summed E-state index contributed by atoms with van der Waals surface area (Å²) in [6, 6.07) is 17.3. The van der Waals surface area contributed by atoms with Crippen LogP contribution in [0.1, 0.15) is 58.4 Å². The van der Waals surface area contributed by atoms with Gasteiger partial charge in [0.05, 0.1) is 0 Å². The highest BCUT2D eigenvalue weighted by Gasteiger charge is 2.13. The van der Waals surface area contributed by atoms with Crippen molar-refractivity contribution < 1.29 is 9.59 Å². The molecule has 0 heterocycles. The Morgan fingerprint density at radius 3 is 2.43 bits per heavy atom. The number of hydrogen-bond donors (Lipinski definition) is 1. The SMILES string of the molecule is CCCC(CCNC(=O)c1ccccc1C=O)c1ccccc1. The van der Waals surface area contributed by atoms with Crippen molar-refractivity contribution >= 4 is 12.2 Å². The maximum Gasteiger partial charge on any atom is 0.252 e. The molecule has 23 heavy (non-hydrogen) atoms. The summed E-state index contributed by atoms with van der Waals surface area (Å²) in [5, 5.41) is 2.93. The maximum atomic E-state index is 12.2. The minimum Gasteiger partial charge on any atom is -0.352 e. The first-order valence-electron chi connectivity index (χ1n) is 8.13. The molecule has 0 saturated heterocycles. The van der Waals surface area contributed by atoms with E-state index < -0.39 is 0 Å². The Morgan fingerprint density at radius 2 is 1.74 bits per heavy atom. The van der Waals surface area contributed by atoms with Crippen LogP contribution in [0.4, 0.5) is 0 Å². The number of carbonyl (C=O) groups excluding carboxylic acids is 2. The second-order valence-corrected chi connectivity index (χ2v) is 5.65. The third kappa shape index (κ3) is 4.78. The van der Waals surface area contributed by atoms with Gasteiger partial charge in [-0.25, -0.2) is 0 Å². The number of aldehydes is 1. The molecule has 0 aliphatic carbocycles. The van der Waals surface area contributed by atoms with Crippen LogP contribution in [0.15, 0.2) is 54.6 Å². The van der Waals surface area contributed by atoms with Crippen molar-refractivity contribution in [3.05, 3.63) is 71.3 Å². The van der Waals surface area contributed by atoms with Crippen LogP contribution in [0.2, 0.25) is 0 Å². The number of amides is 1. The lowest BCUT2D eigenvalue weighted by Crippen LogP contribution is -2.26. The zero-order chi connectivity index (χ0) is 16.5. The Kier molecular flexibility index (Phi) is 6.55. The fraction of sp³-hybridized carbons (Fsp3) is 0.300. The topological polar surface area (TPSA) is 46.2 Å². The Hall–Kier alpha value is -2.42. The molecule has 3 heteroatoms. The molecule has 1 unspecified atom stereocenters. The Morgan fingerprint density at radius 1 is 1.04 bits per heavy atom. The molecular weight excluding hydrogens is 286 g/mol. The van der Waals surface area contributed by atoms with Crippen molar-refractivity contribution in [2.45, 2.75) is 32.1 Å². The van der Waals surface area contributed by atoms with Crippen molar-refractivity contribution in [2.75, 3.05) is 6.54 Å². The predicted octanol–water partition coefficient (Wildman–Crippen LogP) is 4.20. The molecule has 2 aromatic rings. The standard InChI is InChI=1S/C20H23NO2/c1-2-8-16(17-9-4-3-5-10-17)13-14-21-20(23)19-12-7-6-11-18(19)15-22/h3-7,9-12,15-16H,2,8,13-14H2,1H3,(H,21,23). The molecule has 0 fully saturated rings. The van der Waals surface area contributed by atoms with E-state index in [1.165, 1.54) is 5.56 Å². The maximum absolute atomic E-state index is 12.2. The van der Waals surface area contributed by atoms with E-state index in [2.05, 4.69) is 36.5 Å². The van der Waals surface area contributed by atoms with Gasteiger partial charge in [-0.05, 0) is 30.4 Å². The molecule has 1 amide bonds. The van der Waals surface area contributed by atoms with E-state index in [0.717, 1.165) is 25.5 Å². The number of hydrogen-bond acceptors (Lipinski definition) is 2. The number of rotatable bonds is 8. The molecule has 2 aromatic carbocycles. The van der Waals surface area contributed by atoms with E-state index >= 15 is 0 Å². The van der Waals surface area contributed by atoms with Crippen LogP contribution in [0.3, 0.4) is 0 Å². The van der Waals surface area contributed by atoms with Crippen LogP contribution in [0.25, 0.3) is 0 Å². The summed E-state index contributed by atoms with van der Waals surface area (Å²) in [4.78, 5) is 23.2. The minimum absolute atomic E-state index is 0.184. The Bertz CT molecular complexity index is 637. The first-order valence-corrected chi connectivity index (χ1v) is 8.13. The normalized spacial score (nSPS) is 11.7. The smallest absolute Gasteiger partial charge is 0.252 e. The van der Waals surface area contributed by atoms with Gasteiger partial charge in [-0.1, -0.05) is 61.9 Å². The van der Waals surface area contributed by atoms with Gasteiger partial charge < -0.3 is 5.32 Å². The Balaban J connectivity index is 1.94. The van der Waals surface area contributed by atoms with Crippen molar-refractivity contribution in [3.8, 4) is 0 Å². The number of benzene rings is 2. The molecule has 0 aliphatic rings. The summed E-state index contributed by atoms with van der Waals surface area (Å²) < 4.78 is 0. The van der Waals surface area contributed by atoms with Gasteiger partial charge in [-0.3, -0.25) is 9.59 Å². The van der Waals surface area contributed by atoms with Gasteiger partial charge in [0.1, 0.15) is 0 Å². The van der Waals surface area contributed by atoms with Gasteiger partial charge in [-0.2, -0.15) is 0 Å². The zero-order valence-corrected chi connectivity index (χ0v) is 13.5. The zero-order valence-electron chi connectivity index (χ0n) is 13.5. The van der Waals surface area contributed by atoms with Crippen molar-refractivity contribution in [2.24, 2.45) is 0 Å². The molecular formula is C20H23NO2. The molecule has 120 valence electrons. The second kappa shape index (κ2) is 8.89. The van der Waals surface area contributed by atoms with E-state index in [9.17, 15) is 9.59 Å². The highest BCUT2D eigenvalue weighted by molar-refractivity contribution is 6.01. The predicted molar refractivity (Wildman–Crippen MR) is 92.9 cm³/mol. The summed E-state index contributed by atoms with van der Waals surface area (Å²) in [6.45, 7) is 2.78. The molecule has 0 radical (unpaired) electrons. The largest absolute Gasteiger partial charge is 0.352 e. The lowest BCUT2D eigenvalue weighted by atomic mass is 9.91. The second-order valence-electron chi connectivity index (χ2n) is 5.65. The van der Waals surface area contributed by atoms with Gasteiger partial charge >= 0.3 is 0 Å². The summed E-state index contributed by atoms with van der Waals surface area (Å²) in [5.74, 6) is 0.263. The fourth-order valence-corrected chi connectivity index (χ4v) is 2.81. The van der Waals surface area contributed by atoms with E-state index in [1.54, 1.807) is 24.3 Å². The lowest BCUT2D eigenvalue weighted by Gasteiger charge is -2.17. The molecule has 0 saturated carbocycles. The van der Waals surface area contributed by atoms with Gasteiger partial charge in [0.2, 0.25) is 0 Å². The van der Waals surface area contributed by atoms with Crippen LogP contribution in [-0.2, 0) is 0 Å². The summed E-state index contributed by atoms with van der Waals surface area (Å²) in [7, 11) is 0. The van der Waals surface area contributed by atoms with Crippen LogP contribution in [0, 0.1) is 0 Å². The van der Waals surface area contributed by atoms with Crippen LogP contribution < -0.4 is 5.32 Å². The van der Waals surface area contributed by atoms with Crippen LogP contribution in [0.5, 0.6) is 0 Å². The van der Waals surface area contributed by atoms with Gasteiger partial charge in [0.15, 0.2) is 6.29 Å². The first kappa shape index (κ1) is 16.9. The molecule has 3 nitrogen and oxygen atoms in total. The van der Waals surface area contributed by atoms with E-state index in [1.807, 2.05) is 6.07 Å². The molecule has 0 spiro atoms. The summed E-state index contributed by atoms with van der Waals surface area (Å²) >= 11 is 0. The quantitative estimate of drug-likeness (QED) is 0.743. The molecule has 0 aliphatic heterocycles. The van der Waals surface area contributed by atoms with Crippen LogP contribution in [-0.4, -0.2) is 18.7 Å². The van der Waals surface area contributed by atoms with E-state index in [-0.39, 0.29) is 5.91 Å². The first-order chi connectivity index (χ1) is 11.3. The Labute approximate surface area is 137 Å². The van der Waals surface area contributed by atoms with Crippen molar-refractivity contribution in [1.82, 2.24) is 5.32 Å². The average molecular weight is 309 g/mol. The van der Waals surface area contributed by atoms with E-state index in [0.29, 0.717) is 23.6 Å². The molecule has 2 rings (SSSR count). The lowest BCUT2D eigenvalue weighted by molar-refractivity contribution is 0.0947.